The zero-order valence-corrected chi connectivity index (χ0v) is 13.5. The molecule has 5 heteroatoms. The van der Waals surface area contributed by atoms with Gasteiger partial charge < -0.3 is 4.74 Å². The van der Waals surface area contributed by atoms with Crippen LogP contribution in [-0.2, 0) is 0 Å². The van der Waals surface area contributed by atoms with E-state index in [4.69, 9.17) is 10.00 Å². The highest BCUT2D eigenvalue weighted by molar-refractivity contribution is 5.79. The third kappa shape index (κ3) is 3.86. The van der Waals surface area contributed by atoms with Gasteiger partial charge in [-0.1, -0.05) is 6.92 Å². The number of rotatable bonds is 5. The van der Waals surface area contributed by atoms with Gasteiger partial charge in [0.15, 0.2) is 0 Å². The van der Waals surface area contributed by atoms with Gasteiger partial charge in [0.2, 0.25) is 0 Å². The summed E-state index contributed by atoms with van der Waals surface area (Å²) in [5.74, 6) is 0.805. The molecule has 1 aromatic heterocycles. The summed E-state index contributed by atoms with van der Waals surface area (Å²) in [7, 11) is 0. The lowest BCUT2D eigenvalue weighted by molar-refractivity contribution is 0.317. The Bertz CT molecular complexity index is 812. The van der Waals surface area contributed by atoms with Gasteiger partial charge in [-0.15, -0.1) is 0 Å². The van der Waals surface area contributed by atoms with Crippen LogP contribution in [0.4, 0.5) is 0 Å². The third-order valence-corrected chi connectivity index (χ3v) is 3.35. The van der Waals surface area contributed by atoms with E-state index in [1.54, 1.807) is 26.1 Å². The summed E-state index contributed by atoms with van der Waals surface area (Å²) in [5, 5.41) is 13.3. The lowest BCUT2D eigenvalue weighted by Gasteiger charge is -2.06. The van der Waals surface area contributed by atoms with Gasteiger partial charge in [-0.2, -0.15) is 10.4 Å². The largest absolute Gasteiger partial charge is 0.494 e. The Labute approximate surface area is 135 Å². The fraction of sp³-hybridized carbons (Fsp3) is 0.278. The van der Waals surface area contributed by atoms with Crippen molar-refractivity contribution in [1.29, 1.82) is 5.26 Å². The van der Waals surface area contributed by atoms with Crippen LogP contribution in [-0.4, -0.2) is 17.5 Å². The van der Waals surface area contributed by atoms with E-state index in [9.17, 15) is 4.79 Å². The molecule has 2 aromatic rings. The number of aryl methyl sites for hydroxylation is 2. The first kappa shape index (κ1) is 16.5. The summed E-state index contributed by atoms with van der Waals surface area (Å²) in [4.78, 5) is 12.2. The van der Waals surface area contributed by atoms with Crippen LogP contribution in [0.2, 0.25) is 0 Å². The van der Waals surface area contributed by atoms with Gasteiger partial charge >= 0.3 is 0 Å². The lowest BCUT2D eigenvalue weighted by Crippen LogP contribution is -2.22. The van der Waals surface area contributed by atoms with Gasteiger partial charge in [0.05, 0.1) is 12.8 Å². The first-order chi connectivity index (χ1) is 11.1. The van der Waals surface area contributed by atoms with Crippen LogP contribution >= 0.6 is 0 Å². The zero-order valence-electron chi connectivity index (χ0n) is 13.5. The number of ether oxygens (including phenoxy) is 1. The highest BCUT2D eigenvalue weighted by atomic mass is 16.5. The average Bonchev–Trinajstić information content (AvgIpc) is 2.54. The van der Waals surface area contributed by atoms with Gasteiger partial charge in [0, 0.05) is 5.69 Å². The Balaban J connectivity index is 2.27. The molecule has 1 heterocycles. The molecule has 0 radical (unpaired) electrons. The minimum Gasteiger partial charge on any atom is -0.494 e. The predicted molar refractivity (Wildman–Crippen MR) is 90.1 cm³/mol. The second-order valence-electron chi connectivity index (χ2n) is 5.23. The summed E-state index contributed by atoms with van der Waals surface area (Å²) in [6, 6.07) is 11.2. The molecule has 0 N–H and O–H groups in total. The molecule has 0 aliphatic rings. The second-order valence-corrected chi connectivity index (χ2v) is 5.23. The monoisotopic (exact) mass is 309 g/mol. The van der Waals surface area contributed by atoms with Crippen molar-refractivity contribution in [2.45, 2.75) is 27.2 Å². The lowest BCUT2D eigenvalue weighted by atomic mass is 10.1. The number of hydrogen-bond acceptors (Lipinski definition) is 4. The predicted octanol–water partition coefficient (Wildman–Crippen LogP) is 3.01. The van der Waals surface area contributed by atoms with Gasteiger partial charge in [-0.25, -0.2) is 4.68 Å². The second kappa shape index (κ2) is 7.41. The van der Waals surface area contributed by atoms with Crippen LogP contribution < -0.4 is 10.3 Å². The van der Waals surface area contributed by atoms with Crippen LogP contribution in [0.5, 0.6) is 5.75 Å². The first-order valence-corrected chi connectivity index (χ1v) is 7.47. The Morgan fingerprint density at radius 3 is 2.61 bits per heavy atom. The van der Waals surface area contributed by atoms with E-state index in [1.807, 2.05) is 30.3 Å². The molecule has 0 spiro atoms. The Morgan fingerprint density at radius 1 is 1.30 bits per heavy atom. The zero-order chi connectivity index (χ0) is 16.8. The van der Waals surface area contributed by atoms with Gasteiger partial charge in [0.1, 0.15) is 17.4 Å². The normalized spacial score (nSPS) is 10.7. The third-order valence-electron chi connectivity index (χ3n) is 3.35. The molecule has 2 rings (SSSR count). The molecule has 0 amide bonds. The number of nitrogens with zero attached hydrogens (tertiary/aromatic N) is 3. The van der Waals surface area contributed by atoms with E-state index < -0.39 is 5.56 Å². The van der Waals surface area contributed by atoms with Crippen LogP contribution in [0.15, 0.2) is 40.2 Å². The quantitative estimate of drug-likeness (QED) is 0.797. The highest BCUT2D eigenvalue weighted by Gasteiger charge is 2.08. The van der Waals surface area contributed by atoms with Gasteiger partial charge in [0.25, 0.3) is 5.56 Å². The molecule has 0 unspecified atom stereocenters. The Morgan fingerprint density at radius 2 is 2.00 bits per heavy atom. The van der Waals surface area contributed by atoms with Gasteiger partial charge in [-0.05, 0) is 61.7 Å². The molecule has 0 aliphatic heterocycles. The Hall–Kier alpha value is -2.87. The summed E-state index contributed by atoms with van der Waals surface area (Å²) in [6.45, 7) is 6.27. The maximum Gasteiger partial charge on any atom is 0.289 e. The first-order valence-electron chi connectivity index (χ1n) is 7.47. The number of pyridine rings is 1. The molecule has 0 saturated carbocycles. The van der Waals surface area contributed by atoms with Crippen molar-refractivity contribution < 1.29 is 4.74 Å². The molecular formula is C18H19N3O2. The van der Waals surface area contributed by atoms with Crippen molar-refractivity contribution in [3.8, 4) is 11.8 Å². The van der Waals surface area contributed by atoms with Crippen LogP contribution in [0.3, 0.4) is 0 Å². The summed E-state index contributed by atoms with van der Waals surface area (Å²) in [5.41, 5.74) is 1.92. The minimum atomic E-state index is -0.399. The van der Waals surface area contributed by atoms with E-state index in [0.717, 1.165) is 17.7 Å². The van der Waals surface area contributed by atoms with Crippen LogP contribution in [0.1, 0.15) is 35.7 Å². The molecular weight excluding hydrogens is 290 g/mol. The van der Waals surface area contributed by atoms with E-state index in [0.29, 0.717) is 17.9 Å². The highest BCUT2D eigenvalue weighted by Crippen LogP contribution is 2.11. The summed E-state index contributed by atoms with van der Waals surface area (Å²) >= 11 is 0. The van der Waals surface area contributed by atoms with Gasteiger partial charge in [-0.3, -0.25) is 4.79 Å². The molecule has 0 fully saturated rings. The maximum absolute atomic E-state index is 12.2. The summed E-state index contributed by atoms with van der Waals surface area (Å²) in [6.07, 6.45) is 2.55. The molecule has 0 aliphatic carbocycles. The van der Waals surface area contributed by atoms with Crippen molar-refractivity contribution in [3.63, 3.8) is 0 Å². The fourth-order valence-corrected chi connectivity index (χ4v) is 2.16. The number of hydrogen-bond donors (Lipinski definition) is 0. The van der Waals surface area contributed by atoms with Crippen molar-refractivity contribution in [2.24, 2.45) is 5.10 Å². The Kier molecular flexibility index (Phi) is 5.32. The van der Waals surface area contributed by atoms with E-state index in [1.165, 1.54) is 4.68 Å². The summed E-state index contributed by atoms with van der Waals surface area (Å²) < 4.78 is 6.76. The topological polar surface area (TPSA) is 67.4 Å². The average molecular weight is 309 g/mol. The van der Waals surface area contributed by atoms with Crippen molar-refractivity contribution >= 4 is 6.21 Å². The molecule has 0 atom stereocenters. The number of nitriles is 1. The number of benzene rings is 1. The molecule has 1 aromatic carbocycles. The maximum atomic E-state index is 12.2. The van der Waals surface area contributed by atoms with E-state index in [2.05, 4.69) is 12.0 Å². The molecule has 0 saturated heterocycles. The van der Waals surface area contributed by atoms with Crippen LogP contribution in [0.25, 0.3) is 0 Å². The SMILES string of the molecule is CCCOc1ccc(C=Nn2c(C)cc(C)c(C#N)c2=O)cc1. The molecule has 118 valence electrons. The minimum absolute atomic E-state index is 0.121. The fourth-order valence-electron chi connectivity index (χ4n) is 2.16. The molecule has 23 heavy (non-hydrogen) atoms. The smallest absolute Gasteiger partial charge is 0.289 e. The standard InChI is InChI=1S/C18H19N3O2/c1-4-9-23-16-7-5-15(6-8-16)12-20-21-14(3)10-13(2)17(11-19)18(21)22/h5-8,10,12H,4,9H2,1-3H3. The molecule has 5 nitrogen and oxygen atoms in total. The van der Waals surface area contributed by atoms with E-state index >= 15 is 0 Å². The van der Waals surface area contributed by atoms with Crippen molar-refractivity contribution in [2.75, 3.05) is 6.61 Å². The van der Waals surface area contributed by atoms with E-state index in [-0.39, 0.29) is 5.56 Å². The number of aromatic nitrogens is 1. The molecule has 0 bridgehead atoms. The van der Waals surface area contributed by atoms with Crippen LogP contribution in [0, 0.1) is 25.2 Å². The van der Waals surface area contributed by atoms with Crippen molar-refractivity contribution in [1.82, 2.24) is 4.68 Å². The van der Waals surface area contributed by atoms with Crippen molar-refractivity contribution in [3.05, 3.63) is 63.1 Å².